The van der Waals surface area contributed by atoms with Crippen LogP contribution in [0.25, 0.3) is 0 Å². The molecule has 0 aliphatic rings. The first-order valence-corrected chi connectivity index (χ1v) is 7.26. The number of rotatable bonds is 5. The van der Waals surface area contributed by atoms with E-state index in [4.69, 9.17) is 0 Å². The van der Waals surface area contributed by atoms with E-state index in [1.165, 1.54) is 6.07 Å². The van der Waals surface area contributed by atoms with Crippen LogP contribution >= 0.6 is 0 Å². The van der Waals surface area contributed by atoms with Gasteiger partial charge < -0.3 is 5.32 Å². The number of hydrogen-bond acceptors (Lipinski definition) is 3. The molecule has 1 N–H and O–H groups in total. The minimum absolute atomic E-state index is 0.00602. The molecular formula is C11H13F2NO3S. The van der Waals surface area contributed by atoms with Gasteiger partial charge in [0.15, 0.2) is 11.6 Å². The second-order valence-electron chi connectivity index (χ2n) is 3.91. The van der Waals surface area contributed by atoms with Gasteiger partial charge >= 0.3 is 0 Å². The van der Waals surface area contributed by atoms with E-state index in [0.29, 0.717) is 0 Å². The average molecular weight is 277 g/mol. The molecule has 1 aromatic carbocycles. The zero-order chi connectivity index (χ0) is 13.8. The zero-order valence-electron chi connectivity index (χ0n) is 9.74. The number of nitrogens with one attached hydrogen (secondary N) is 1. The molecule has 0 aromatic heterocycles. The third-order valence-electron chi connectivity index (χ3n) is 2.12. The number of halogens is 2. The molecule has 0 saturated heterocycles. The molecule has 0 unspecified atom stereocenters. The Morgan fingerprint density at radius 3 is 2.50 bits per heavy atom. The normalized spacial score (nSPS) is 11.3. The van der Waals surface area contributed by atoms with E-state index in [-0.39, 0.29) is 24.3 Å². The van der Waals surface area contributed by atoms with Gasteiger partial charge in [0.25, 0.3) is 0 Å². The maximum absolute atomic E-state index is 12.8. The highest BCUT2D eigenvalue weighted by Crippen LogP contribution is 2.13. The lowest BCUT2D eigenvalue weighted by molar-refractivity contribution is -0.116. The van der Waals surface area contributed by atoms with Crippen molar-refractivity contribution in [3.63, 3.8) is 0 Å². The molecule has 0 aliphatic carbocycles. The summed E-state index contributed by atoms with van der Waals surface area (Å²) in [6.45, 7) is 0. The predicted octanol–water partition coefficient (Wildman–Crippen LogP) is 1.73. The van der Waals surface area contributed by atoms with E-state index in [2.05, 4.69) is 5.32 Å². The lowest BCUT2D eigenvalue weighted by Crippen LogP contribution is -2.13. The quantitative estimate of drug-likeness (QED) is 0.891. The van der Waals surface area contributed by atoms with E-state index < -0.39 is 27.4 Å². The maximum atomic E-state index is 12.8. The largest absolute Gasteiger partial charge is 0.326 e. The van der Waals surface area contributed by atoms with Crippen LogP contribution in [0.1, 0.15) is 12.8 Å². The number of hydrogen-bond donors (Lipinski definition) is 1. The van der Waals surface area contributed by atoms with E-state index in [1.807, 2.05) is 0 Å². The number of carbonyl (C=O) groups excluding carboxylic acids is 1. The number of benzene rings is 1. The fraction of sp³-hybridized carbons (Fsp3) is 0.364. The van der Waals surface area contributed by atoms with Crippen molar-refractivity contribution >= 4 is 21.4 Å². The predicted molar refractivity (Wildman–Crippen MR) is 63.9 cm³/mol. The molecule has 7 heteroatoms. The summed E-state index contributed by atoms with van der Waals surface area (Å²) in [5.41, 5.74) is 0.137. The minimum atomic E-state index is -3.09. The Labute approximate surface area is 104 Å². The SMILES string of the molecule is CS(=O)(=O)CCCC(=O)Nc1ccc(F)c(F)c1. The van der Waals surface area contributed by atoms with Crippen molar-refractivity contribution in [2.24, 2.45) is 0 Å². The smallest absolute Gasteiger partial charge is 0.224 e. The van der Waals surface area contributed by atoms with Crippen LogP contribution < -0.4 is 5.32 Å². The summed E-state index contributed by atoms with van der Waals surface area (Å²) in [4.78, 5) is 11.4. The van der Waals surface area contributed by atoms with Gasteiger partial charge in [0.1, 0.15) is 9.84 Å². The van der Waals surface area contributed by atoms with Gasteiger partial charge in [-0.1, -0.05) is 0 Å². The van der Waals surface area contributed by atoms with Crippen molar-refractivity contribution in [3.05, 3.63) is 29.8 Å². The van der Waals surface area contributed by atoms with Gasteiger partial charge in [-0.2, -0.15) is 0 Å². The van der Waals surface area contributed by atoms with E-state index in [9.17, 15) is 22.0 Å². The van der Waals surface area contributed by atoms with Crippen LogP contribution in [0.15, 0.2) is 18.2 Å². The maximum Gasteiger partial charge on any atom is 0.224 e. The van der Waals surface area contributed by atoms with Crippen molar-refractivity contribution in [1.29, 1.82) is 0 Å². The van der Waals surface area contributed by atoms with E-state index in [0.717, 1.165) is 18.4 Å². The summed E-state index contributed by atoms with van der Waals surface area (Å²) in [5, 5.41) is 2.36. The van der Waals surface area contributed by atoms with Gasteiger partial charge in [-0.15, -0.1) is 0 Å². The molecule has 1 amide bonds. The Morgan fingerprint density at radius 2 is 1.94 bits per heavy atom. The summed E-state index contributed by atoms with van der Waals surface area (Å²) in [5.74, 6) is -2.57. The summed E-state index contributed by atoms with van der Waals surface area (Å²) >= 11 is 0. The second kappa shape index (κ2) is 5.90. The Kier molecular flexibility index (Phi) is 4.77. The Balaban J connectivity index is 2.47. The molecule has 0 saturated carbocycles. The first-order valence-electron chi connectivity index (χ1n) is 5.20. The van der Waals surface area contributed by atoms with E-state index >= 15 is 0 Å². The Morgan fingerprint density at radius 1 is 1.28 bits per heavy atom. The highest BCUT2D eigenvalue weighted by molar-refractivity contribution is 7.90. The molecule has 1 rings (SSSR count). The summed E-state index contributed by atoms with van der Waals surface area (Å²) in [7, 11) is -3.09. The first-order chi connectivity index (χ1) is 8.28. The van der Waals surface area contributed by atoms with Crippen molar-refractivity contribution in [1.82, 2.24) is 0 Å². The van der Waals surface area contributed by atoms with Crippen molar-refractivity contribution in [3.8, 4) is 0 Å². The molecule has 4 nitrogen and oxygen atoms in total. The molecular weight excluding hydrogens is 264 g/mol. The highest BCUT2D eigenvalue weighted by atomic mass is 32.2. The summed E-state index contributed by atoms with van der Waals surface area (Å²) < 4.78 is 47.1. The van der Waals surface area contributed by atoms with Gasteiger partial charge in [-0.05, 0) is 18.6 Å². The van der Waals surface area contributed by atoms with Crippen LogP contribution in [0, 0.1) is 11.6 Å². The fourth-order valence-electron chi connectivity index (χ4n) is 1.29. The van der Waals surface area contributed by atoms with Crippen molar-refractivity contribution in [2.75, 3.05) is 17.3 Å². The van der Waals surface area contributed by atoms with Gasteiger partial charge in [0.2, 0.25) is 5.91 Å². The molecule has 0 spiro atoms. The number of anilines is 1. The fourth-order valence-corrected chi connectivity index (χ4v) is 1.96. The van der Waals surface area contributed by atoms with Crippen molar-refractivity contribution < 1.29 is 22.0 Å². The number of sulfone groups is 1. The van der Waals surface area contributed by atoms with Crippen LogP contribution in [0.4, 0.5) is 14.5 Å². The van der Waals surface area contributed by atoms with Crippen LogP contribution in [-0.2, 0) is 14.6 Å². The molecule has 0 bridgehead atoms. The number of amides is 1. The van der Waals surface area contributed by atoms with Crippen molar-refractivity contribution in [2.45, 2.75) is 12.8 Å². The standard InChI is InChI=1S/C11H13F2NO3S/c1-18(16,17)6-2-3-11(15)14-8-4-5-9(12)10(13)7-8/h4-5,7H,2-3,6H2,1H3,(H,14,15). The van der Waals surface area contributed by atoms with Gasteiger partial charge in [0, 0.05) is 24.4 Å². The second-order valence-corrected chi connectivity index (χ2v) is 6.17. The van der Waals surface area contributed by atoms with Gasteiger partial charge in [-0.3, -0.25) is 4.79 Å². The van der Waals surface area contributed by atoms with Gasteiger partial charge in [-0.25, -0.2) is 17.2 Å². The monoisotopic (exact) mass is 277 g/mol. The summed E-state index contributed by atoms with van der Waals surface area (Å²) in [6, 6.07) is 3.00. The first kappa shape index (κ1) is 14.6. The Hall–Kier alpha value is -1.50. The molecule has 1 aromatic rings. The van der Waals surface area contributed by atoms with Crippen LogP contribution in [-0.4, -0.2) is 26.3 Å². The average Bonchev–Trinajstić information content (AvgIpc) is 2.21. The van der Waals surface area contributed by atoms with Crippen LogP contribution in [0.5, 0.6) is 0 Å². The minimum Gasteiger partial charge on any atom is -0.326 e. The summed E-state index contributed by atoms with van der Waals surface area (Å²) in [6.07, 6.45) is 1.28. The molecule has 0 heterocycles. The topological polar surface area (TPSA) is 63.2 Å². The third kappa shape index (κ3) is 5.22. The molecule has 100 valence electrons. The lowest BCUT2D eigenvalue weighted by atomic mass is 10.2. The molecule has 0 atom stereocenters. The van der Waals surface area contributed by atoms with Crippen LogP contribution in [0.2, 0.25) is 0 Å². The van der Waals surface area contributed by atoms with E-state index in [1.54, 1.807) is 0 Å². The zero-order valence-corrected chi connectivity index (χ0v) is 10.6. The highest BCUT2D eigenvalue weighted by Gasteiger charge is 2.08. The molecule has 18 heavy (non-hydrogen) atoms. The molecule has 0 fully saturated rings. The van der Waals surface area contributed by atoms with Gasteiger partial charge in [0.05, 0.1) is 5.75 Å². The Bertz CT molecular complexity index is 543. The third-order valence-corrected chi connectivity index (χ3v) is 3.15. The van der Waals surface area contributed by atoms with Crippen LogP contribution in [0.3, 0.4) is 0 Å². The molecule has 0 aliphatic heterocycles. The lowest BCUT2D eigenvalue weighted by Gasteiger charge is -2.05. The molecule has 0 radical (unpaired) electrons. The number of carbonyl (C=O) groups is 1.